The van der Waals surface area contributed by atoms with Gasteiger partial charge < -0.3 is 5.32 Å². The highest BCUT2D eigenvalue weighted by atomic mass is 32.1. The Hall–Kier alpha value is -1.09. The topological polar surface area (TPSA) is 24.9 Å². The van der Waals surface area contributed by atoms with Crippen molar-refractivity contribution in [2.75, 3.05) is 12.4 Å². The highest BCUT2D eigenvalue weighted by Crippen LogP contribution is 2.31. The number of hydrogen-bond donors (Lipinski definition) is 1. The van der Waals surface area contributed by atoms with E-state index in [1.165, 1.54) is 10.4 Å². The van der Waals surface area contributed by atoms with Gasteiger partial charge in [0.15, 0.2) is 0 Å². The van der Waals surface area contributed by atoms with Gasteiger partial charge in [-0.1, -0.05) is 20.8 Å². The van der Waals surface area contributed by atoms with Crippen molar-refractivity contribution in [3.05, 3.63) is 23.2 Å². The van der Waals surface area contributed by atoms with Crippen molar-refractivity contribution in [1.29, 1.82) is 0 Å². The van der Waals surface area contributed by atoms with Crippen molar-refractivity contribution < 1.29 is 0 Å². The summed E-state index contributed by atoms with van der Waals surface area (Å²) in [4.78, 5) is 4.69. The van der Waals surface area contributed by atoms with Gasteiger partial charge in [-0.3, -0.25) is 4.98 Å². The van der Waals surface area contributed by atoms with E-state index in [1.54, 1.807) is 11.3 Å². The van der Waals surface area contributed by atoms with E-state index in [4.69, 9.17) is 0 Å². The van der Waals surface area contributed by atoms with Crippen molar-refractivity contribution in [3.63, 3.8) is 0 Å². The molecule has 0 unspecified atom stereocenters. The van der Waals surface area contributed by atoms with Crippen molar-refractivity contribution in [1.82, 2.24) is 4.98 Å². The van der Waals surface area contributed by atoms with Crippen molar-refractivity contribution in [2.45, 2.75) is 26.2 Å². The summed E-state index contributed by atoms with van der Waals surface area (Å²) in [5.74, 6) is 0. The predicted octanol–water partition coefficient (Wildman–Crippen LogP) is 3.64. The first kappa shape index (κ1) is 10.4. The van der Waals surface area contributed by atoms with E-state index < -0.39 is 0 Å². The molecule has 0 aromatic carbocycles. The molecule has 15 heavy (non-hydrogen) atoms. The van der Waals surface area contributed by atoms with Gasteiger partial charge in [0, 0.05) is 18.2 Å². The number of nitrogens with zero attached hydrogens (tertiary/aromatic N) is 1. The van der Waals surface area contributed by atoms with Gasteiger partial charge in [-0.25, -0.2) is 0 Å². The van der Waals surface area contributed by atoms with E-state index in [1.807, 2.05) is 7.05 Å². The minimum atomic E-state index is 0.0989. The minimum Gasteiger partial charge on any atom is -0.387 e. The summed E-state index contributed by atoms with van der Waals surface area (Å²) in [5, 5.41) is 5.33. The van der Waals surface area contributed by atoms with Crippen LogP contribution in [0.2, 0.25) is 0 Å². The zero-order valence-electron chi connectivity index (χ0n) is 9.59. The molecule has 2 aromatic heterocycles. The number of aromatic nitrogens is 1. The lowest BCUT2D eigenvalue weighted by Crippen LogP contribution is -2.13. The third-order valence-electron chi connectivity index (χ3n) is 2.45. The highest BCUT2D eigenvalue weighted by molar-refractivity contribution is 7.17. The molecular weight excluding hydrogens is 204 g/mol. The molecular formula is C12H16N2S. The van der Waals surface area contributed by atoms with E-state index in [0.29, 0.717) is 0 Å². The molecule has 0 spiro atoms. The summed E-state index contributed by atoms with van der Waals surface area (Å²) in [6.07, 6.45) is 0. The second-order valence-corrected chi connectivity index (χ2v) is 5.61. The van der Waals surface area contributed by atoms with Crippen LogP contribution in [0.3, 0.4) is 0 Å². The summed E-state index contributed by atoms with van der Waals surface area (Å²) in [7, 11) is 1.96. The highest BCUT2D eigenvalue weighted by Gasteiger charge is 2.17. The van der Waals surface area contributed by atoms with Crippen LogP contribution in [-0.2, 0) is 5.41 Å². The van der Waals surface area contributed by atoms with Gasteiger partial charge in [-0.05, 0) is 17.5 Å². The first-order chi connectivity index (χ1) is 7.02. The smallest absolute Gasteiger partial charge is 0.0834 e. The molecule has 2 rings (SSSR count). The molecule has 0 bridgehead atoms. The fraction of sp³-hybridized carbons (Fsp3) is 0.417. The summed E-state index contributed by atoms with van der Waals surface area (Å²) in [5.41, 5.74) is 3.51. The second-order valence-electron chi connectivity index (χ2n) is 4.69. The number of pyridine rings is 1. The fourth-order valence-corrected chi connectivity index (χ4v) is 2.38. The van der Waals surface area contributed by atoms with Gasteiger partial charge in [0.2, 0.25) is 0 Å². The Labute approximate surface area is 94.3 Å². The quantitative estimate of drug-likeness (QED) is 0.793. The Morgan fingerprint density at radius 1 is 1.33 bits per heavy atom. The zero-order chi connectivity index (χ0) is 11.1. The van der Waals surface area contributed by atoms with E-state index in [-0.39, 0.29) is 5.41 Å². The number of rotatable bonds is 1. The molecule has 2 nitrogen and oxygen atoms in total. The van der Waals surface area contributed by atoms with Crippen LogP contribution in [0.4, 0.5) is 5.69 Å². The van der Waals surface area contributed by atoms with E-state index in [9.17, 15) is 0 Å². The van der Waals surface area contributed by atoms with Gasteiger partial charge in [-0.2, -0.15) is 0 Å². The van der Waals surface area contributed by atoms with Crippen molar-refractivity contribution in [2.24, 2.45) is 0 Å². The minimum absolute atomic E-state index is 0.0989. The maximum absolute atomic E-state index is 4.69. The molecule has 0 aliphatic carbocycles. The Balaban J connectivity index is 2.69. The predicted molar refractivity (Wildman–Crippen MR) is 67.9 cm³/mol. The van der Waals surface area contributed by atoms with Gasteiger partial charge in [0.25, 0.3) is 0 Å². The van der Waals surface area contributed by atoms with Crippen LogP contribution in [0.25, 0.3) is 10.2 Å². The van der Waals surface area contributed by atoms with Gasteiger partial charge in [0.05, 0.1) is 15.9 Å². The Kier molecular flexibility index (Phi) is 2.43. The fourth-order valence-electron chi connectivity index (χ4n) is 1.53. The number of fused-ring (bicyclic) bond motifs is 1. The molecule has 2 aromatic rings. The number of hydrogen-bond acceptors (Lipinski definition) is 3. The maximum Gasteiger partial charge on any atom is 0.0834 e. The molecule has 3 heteroatoms. The average molecular weight is 220 g/mol. The number of nitrogens with one attached hydrogen (secondary N) is 1. The molecule has 0 aliphatic rings. The number of anilines is 1. The zero-order valence-corrected chi connectivity index (χ0v) is 10.4. The van der Waals surface area contributed by atoms with Crippen LogP contribution in [-0.4, -0.2) is 12.0 Å². The summed E-state index contributed by atoms with van der Waals surface area (Å²) < 4.78 is 1.24. The summed E-state index contributed by atoms with van der Waals surface area (Å²) in [6.45, 7) is 6.56. The Morgan fingerprint density at radius 3 is 2.67 bits per heavy atom. The van der Waals surface area contributed by atoms with Crippen LogP contribution in [0.15, 0.2) is 17.5 Å². The van der Waals surface area contributed by atoms with Crippen LogP contribution in [0.5, 0.6) is 0 Å². The molecule has 80 valence electrons. The van der Waals surface area contributed by atoms with Crippen LogP contribution < -0.4 is 5.32 Å². The monoisotopic (exact) mass is 220 g/mol. The third-order valence-corrected chi connectivity index (χ3v) is 3.39. The lowest BCUT2D eigenvalue weighted by molar-refractivity contribution is 0.572. The first-order valence-corrected chi connectivity index (χ1v) is 5.97. The maximum atomic E-state index is 4.69. The van der Waals surface area contributed by atoms with E-state index in [2.05, 4.69) is 48.6 Å². The van der Waals surface area contributed by atoms with Gasteiger partial charge in [-0.15, -0.1) is 11.3 Å². The van der Waals surface area contributed by atoms with E-state index in [0.717, 1.165) is 11.2 Å². The molecule has 0 saturated heterocycles. The second kappa shape index (κ2) is 3.49. The van der Waals surface area contributed by atoms with Crippen molar-refractivity contribution >= 4 is 27.2 Å². The van der Waals surface area contributed by atoms with E-state index >= 15 is 0 Å². The molecule has 0 aliphatic heterocycles. The van der Waals surface area contributed by atoms with Crippen LogP contribution >= 0.6 is 11.3 Å². The molecule has 0 fully saturated rings. The Bertz CT molecular complexity index is 480. The lowest BCUT2D eigenvalue weighted by Gasteiger charge is -2.18. The Morgan fingerprint density at radius 2 is 2.07 bits per heavy atom. The standard InChI is InChI=1S/C12H16N2S/c1-12(2,3)10-7-9(13-4)11-8(14-10)5-6-15-11/h5-7H,1-4H3,(H,13,14). The van der Waals surface area contributed by atoms with Crippen molar-refractivity contribution in [3.8, 4) is 0 Å². The molecule has 1 N–H and O–H groups in total. The van der Waals surface area contributed by atoms with Gasteiger partial charge >= 0.3 is 0 Å². The molecule has 0 amide bonds. The third kappa shape index (κ3) is 1.84. The van der Waals surface area contributed by atoms with Gasteiger partial charge in [0.1, 0.15) is 0 Å². The molecule has 0 atom stereocenters. The first-order valence-electron chi connectivity index (χ1n) is 5.09. The average Bonchev–Trinajstić information content (AvgIpc) is 2.62. The summed E-state index contributed by atoms with van der Waals surface area (Å²) in [6, 6.07) is 4.23. The SMILES string of the molecule is CNc1cc(C(C)(C)C)nc2ccsc12. The molecule has 0 saturated carbocycles. The molecule has 2 heterocycles. The largest absolute Gasteiger partial charge is 0.387 e. The summed E-state index contributed by atoms with van der Waals surface area (Å²) >= 11 is 1.73. The lowest BCUT2D eigenvalue weighted by atomic mass is 9.91. The normalized spacial score (nSPS) is 12.0. The van der Waals surface area contributed by atoms with Crippen LogP contribution in [0.1, 0.15) is 26.5 Å². The number of thiophene rings is 1. The molecule has 0 radical (unpaired) electrons. The van der Waals surface area contributed by atoms with Crippen LogP contribution in [0, 0.1) is 0 Å².